The van der Waals surface area contributed by atoms with E-state index in [0.29, 0.717) is 25.7 Å². The molecule has 0 radical (unpaired) electrons. The topological polar surface area (TPSA) is 81.8 Å². The van der Waals surface area contributed by atoms with E-state index in [0.717, 1.165) is 47.2 Å². The number of aromatic nitrogens is 1. The third-order valence-corrected chi connectivity index (χ3v) is 4.61. The van der Waals surface area contributed by atoms with Gasteiger partial charge < -0.3 is 20.5 Å². The number of hydrogen-bond donors (Lipinski definition) is 2. The van der Waals surface area contributed by atoms with Gasteiger partial charge in [0.05, 0.1) is 23.9 Å². The van der Waals surface area contributed by atoms with Gasteiger partial charge in [-0.3, -0.25) is 4.99 Å². The average molecular weight is 346 g/mol. The third kappa shape index (κ3) is 4.38. The number of rotatable bonds is 5. The lowest BCUT2D eigenvalue weighted by atomic mass is 10.3. The number of guanidine groups is 1. The van der Waals surface area contributed by atoms with Crippen LogP contribution in [0.25, 0.3) is 0 Å². The number of nitrogens with two attached hydrogens (primary N) is 1. The lowest BCUT2D eigenvalue weighted by Gasteiger charge is -2.10. The van der Waals surface area contributed by atoms with Crippen LogP contribution < -0.4 is 20.5 Å². The molecule has 2 aromatic rings. The molecule has 3 rings (SSSR count). The van der Waals surface area contributed by atoms with Gasteiger partial charge in [-0.1, -0.05) is 6.92 Å². The molecule has 0 spiro atoms. The molecule has 1 aliphatic heterocycles. The summed E-state index contributed by atoms with van der Waals surface area (Å²) in [4.78, 5) is 8.88. The molecule has 7 heteroatoms. The number of fused-ring (bicyclic) bond motifs is 1. The molecule has 128 valence electrons. The van der Waals surface area contributed by atoms with Crippen LogP contribution in [0.1, 0.15) is 24.0 Å². The third-order valence-electron chi connectivity index (χ3n) is 3.57. The van der Waals surface area contributed by atoms with Gasteiger partial charge in [0.1, 0.15) is 0 Å². The van der Waals surface area contributed by atoms with E-state index in [1.165, 1.54) is 0 Å². The summed E-state index contributed by atoms with van der Waals surface area (Å²) >= 11 is 1.69. The number of ether oxygens (including phenoxy) is 2. The van der Waals surface area contributed by atoms with Crippen molar-refractivity contribution in [1.82, 2.24) is 4.98 Å². The molecular formula is C17H22N4O2S. The summed E-state index contributed by atoms with van der Waals surface area (Å²) in [7, 11) is 0. The summed E-state index contributed by atoms with van der Waals surface area (Å²) in [6.45, 7) is 4.06. The number of thiazole rings is 1. The van der Waals surface area contributed by atoms with E-state index in [2.05, 4.69) is 27.6 Å². The highest BCUT2D eigenvalue weighted by atomic mass is 32.1. The molecule has 2 heterocycles. The first-order valence-corrected chi connectivity index (χ1v) is 9.02. The quantitative estimate of drug-likeness (QED) is 0.643. The predicted octanol–water partition coefficient (Wildman–Crippen LogP) is 2.84. The van der Waals surface area contributed by atoms with Crippen molar-refractivity contribution in [2.45, 2.75) is 26.2 Å². The molecule has 0 saturated carbocycles. The Morgan fingerprint density at radius 3 is 2.96 bits per heavy atom. The molecule has 1 aromatic carbocycles. The molecule has 24 heavy (non-hydrogen) atoms. The molecular weight excluding hydrogens is 324 g/mol. The summed E-state index contributed by atoms with van der Waals surface area (Å²) in [6.07, 6.45) is 2.65. The van der Waals surface area contributed by atoms with E-state index in [9.17, 15) is 0 Å². The van der Waals surface area contributed by atoms with Crippen molar-refractivity contribution in [1.29, 1.82) is 0 Å². The van der Waals surface area contributed by atoms with Gasteiger partial charge in [0.25, 0.3) is 0 Å². The fourth-order valence-electron chi connectivity index (χ4n) is 2.35. The Bertz CT molecular complexity index is 714. The highest BCUT2D eigenvalue weighted by Gasteiger charge is 2.10. The summed E-state index contributed by atoms with van der Waals surface area (Å²) in [5.41, 5.74) is 7.87. The number of anilines is 1. The van der Waals surface area contributed by atoms with E-state index in [1.54, 1.807) is 11.3 Å². The maximum atomic E-state index is 5.96. The first kappa shape index (κ1) is 16.6. The minimum Gasteiger partial charge on any atom is -0.490 e. The van der Waals surface area contributed by atoms with Crippen LogP contribution in [0.4, 0.5) is 5.69 Å². The molecule has 0 atom stereocenters. The fourth-order valence-corrected chi connectivity index (χ4v) is 3.12. The second-order valence-electron chi connectivity index (χ2n) is 5.44. The zero-order chi connectivity index (χ0) is 16.8. The van der Waals surface area contributed by atoms with Crippen LogP contribution in [0.15, 0.2) is 28.6 Å². The van der Waals surface area contributed by atoms with Crippen LogP contribution in [0.5, 0.6) is 11.5 Å². The molecule has 0 unspecified atom stereocenters. The number of nitrogens with one attached hydrogen (secondary N) is 1. The molecule has 3 N–H and O–H groups in total. The molecule has 0 fully saturated rings. The summed E-state index contributed by atoms with van der Waals surface area (Å²) < 4.78 is 11.3. The Morgan fingerprint density at radius 1 is 1.33 bits per heavy atom. The standard InChI is InChI=1S/C17H22N4O2S/c1-2-16-20-13(11-24-16)6-7-19-17(18)21-12-4-5-14-15(10-12)23-9-3-8-22-14/h4-5,10-11H,2-3,6-9H2,1H3,(H3,18,19,21). The Morgan fingerprint density at radius 2 is 2.17 bits per heavy atom. The minimum atomic E-state index is 0.385. The molecule has 0 amide bonds. The van der Waals surface area contributed by atoms with Crippen molar-refractivity contribution in [3.05, 3.63) is 34.3 Å². The van der Waals surface area contributed by atoms with Crippen LogP contribution in [0.3, 0.4) is 0 Å². The number of aliphatic imine (C=N–C) groups is 1. The van der Waals surface area contributed by atoms with E-state index < -0.39 is 0 Å². The SMILES string of the molecule is CCc1nc(CCN=C(N)Nc2ccc3c(c2)OCCCO3)cs1. The van der Waals surface area contributed by atoms with Gasteiger partial charge in [-0.15, -0.1) is 11.3 Å². The van der Waals surface area contributed by atoms with Gasteiger partial charge in [0.15, 0.2) is 17.5 Å². The normalized spacial score (nSPS) is 14.3. The van der Waals surface area contributed by atoms with Crippen LogP contribution >= 0.6 is 11.3 Å². The summed E-state index contributed by atoms with van der Waals surface area (Å²) in [5.74, 6) is 1.89. The van der Waals surface area contributed by atoms with Crippen molar-refractivity contribution in [2.24, 2.45) is 10.7 Å². The van der Waals surface area contributed by atoms with Gasteiger partial charge >= 0.3 is 0 Å². The molecule has 0 bridgehead atoms. The van der Waals surface area contributed by atoms with Gasteiger partial charge in [-0.05, 0) is 18.6 Å². The Hall–Kier alpha value is -2.28. The van der Waals surface area contributed by atoms with Gasteiger partial charge in [0.2, 0.25) is 0 Å². The highest BCUT2D eigenvalue weighted by molar-refractivity contribution is 7.09. The second-order valence-corrected chi connectivity index (χ2v) is 6.38. The van der Waals surface area contributed by atoms with E-state index in [1.807, 2.05) is 18.2 Å². The van der Waals surface area contributed by atoms with Crippen molar-refractivity contribution in [3.63, 3.8) is 0 Å². The second kappa shape index (κ2) is 8.01. The lowest BCUT2D eigenvalue weighted by molar-refractivity contribution is 0.297. The van der Waals surface area contributed by atoms with Crippen LogP contribution in [0, 0.1) is 0 Å². The number of nitrogens with zero attached hydrogens (tertiary/aromatic N) is 2. The summed E-state index contributed by atoms with van der Waals surface area (Å²) in [6, 6.07) is 5.68. The number of aryl methyl sites for hydroxylation is 1. The Balaban J connectivity index is 1.55. The lowest BCUT2D eigenvalue weighted by Crippen LogP contribution is -2.23. The maximum absolute atomic E-state index is 5.96. The smallest absolute Gasteiger partial charge is 0.193 e. The largest absolute Gasteiger partial charge is 0.490 e. The Labute approximate surface area is 145 Å². The first-order valence-electron chi connectivity index (χ1n) is 8.14. The summed E-state index contributed by atoms with van der Waals surface area (Å²) in [5, 5.41) is 6.33. The van der Waals surface area contributed by atoms with Crippen LogP contribution in [-0.2, 0) is 12.8 Å². The van der Waals surface area contributed by atoms with Gasteiger partial charge in [-0.2, -0.15) is 0 Å². The monoisotopic (exact) mass is 346 g/mol. The molecule has 1 aromatic heterocycles. The van der Waals surface area contributed by atoms with Crippen LogP contribution in [0.2, 0.25) is 0 Å². The van der Waals surface area contributed by atoms with Crippen molar-refractivity contribution in [3.8, 4) is 11.5 Å². The van der Waals surface area contributed by atoms with E-state index in [-0.39, 0.29) is 0 Å². The first-order chi connectivity index (χ1) is 11.7. The maximum Gasteiger partial charge on any atom is 0.193 e. The van der Waals surface area contributed by atoms with Gasteiger partial charge in [0, 0.05) is 36.5 Å². The molecule has 0 aliphatic carbocycles. The van der Waals surface area contributed by atoms with Crippen molar-refractivity contribution < 1.29 is 9.47 Å². The van der Waals surface area contributed by atoms with Gasteiger partial charge in [-0.25, -0.2) is 4.98 Å². The molecule has 6 nitrogen and oxygen atoms in total. The zero-order valence-electron chi connectivity index (χ0n) is 13.7. The van der Waals surface area contributed by atoms with Crippen LogP contribution in [-0.4, -0.2) is 30.7 Å². The highest BCUT2D eigenvalue weighted by Crippen LogP contribution is 2.32. The number of hydrogen-bond acceptors (Lipinski definition) is 5. The minimum absolute atomic E-state index is 0.385. The number of benzene rings is 1. The van der Waals surface area contributed by atoms with Crippen molar-refractivity contribution >= 4 is 23.0 Å². The zero-order valence-corrected chi connectivity index (χ0v) is 14.6. The van der Waals surface area contributed by atoms with E-state index >= 15 is 0 Å². The molecule has 1 aliphatic rings. The van der Waals surface area contributed by atoms with Crippen molar-refractivity contribution in [2.75, 3.05) is 25.1 Å². The fraction of sp³-hybridized carbons (Fsp3) is 0.412. The Kier molecular flexibility index (Phi) is 5.53. The van der Waals surface area contributed by atoms with E-state index in [4.69, 9.17) is 15.2 Å². The predicted molar refractivity (Wildman–Crippen MR) is 97.4 cm³/mol. The molecule has 0 saturated heterocycles. The average Bonchev–Trinajstić information content (AvgIpc) is 2.91.